The molecule has 0 aliphatic carbocycles. The Morgan fingerprint density at radius 3 is 2.81 bits per heavy atom. The zero-order valence-electron chi connectivity index (χ0n) is 13.9. The maximum atomic E-state index is 13.9. The van der Waals surface area contributed by atoms with Crippen LogP contribution < -0.4 is 5.32 Å². The van der Waals surface area contributed by atoms with Gasteiger partial charge in [-0.1, -0.05) is 12.1 Å². The number of carbonyl (C=O) groups is 2. The number of halogens is 1. The van der Waals surface area contributed by atoms with E-state index >= 15 is 0 Å². The summed E-state index contributed by atoms with van der Waals surface area (Å²) in [5.41, 5.74) is 0. The van der Waals surface area contributed by atoms with Gasteiger partial charge in [0.15, 0.2) is 6.61 Å². The average molecular weight is 383 g/mol. The highest BCUT2D eigenvalue weighted by Gasteiger charge is 2.41. The summed E-state index contributed by atoms with van der Waals surface area (Å²) in [7, 11) is -4.20. The summed E-state index contributed by atoms with van der Waals surface area (Å²) >= 11 is 0. The van der Waals surface area contributed by atoms with Crippen molar-refractivity contribution in [3.8, 4) is 6.07 Å². The second-order valence-electron chi connectivity index (χ2n) is 5.57. The number of nitrogens with zero attached hydrogens (tertiary/aromatic N) is 2. The summed E-state index contributed by atoms with van der Waals surface area (Å²) in [6.45, 7) is -0.386. The van der Waals surface area contributed by atoms with Crippen LogP contribution in [0, 0.1) is 17.1 Å². The number of esters is 1. The Balaban J connectivity index is 2.03. The molecule has 1 saturated heterocycles. The molecule has 26 heavy (non-hydrogen) atoms. The quantitative estimate of drug-likeness (QED) is 0.543. The molecule has 1 aliphatic heterocycles. The van der Waals surface area contributed by atoms with Crippen LogP contribution in [0.2, 0.25) is 0 Å². The predicted molar refractivity (Wildman–Crippen MR) is 87.5 cm³/mol. The second kappa shape index (κ2) is 8.73. The van der Waals surface area contributed by atoms with Crippen LogP contribution in [0.25, 0.3) is 0 Å². The Morgan fingerprint density at radius 1 is 1.38 bits per heavy atom. The van der Waals surface area contributed by atoms with Crippen molar-refractivity contribution in [3.63, 3.8) is 0 Å². The fourth-order valence-electron chi connectivity index (χ4n) is 2.59. The van der Waals surface area contributed by atoms with Gasteiger partial charge in [-0.2, -0.15) is 9.57 Å². The Kier molecular flexibility index (Phi) is 6.65. The lowest BCUT2D eigenvalue weighted by molar-refractivity contribution is -0.151. The largest absolute Gasteiger partial charge is 0.454 e. The maximum Gasteiger partial charge on any atom is 0.324 e. The van der Waals surface area contributed by atoms with Gasteiger partial charge in [0.25, 0.3) is 5.91 Å². The number of nitriles is 1. The van der Waals surface area contributed by atoms with Crippen molar-refractivity contribution in [3.05, 3.63) is 30.1 Å². The molecule has 1 aromatic rings. The van der Waals surface area contributed by atoms with E-state index in [9.17, 15) is 22.4 Å². The van der Waals surface area contributed by atoms with Gasteiger partial charge in [0, 0.05) is 13.1 Å². The molecule has 0 bridgehead atoms. The van der Waals surface area contributed by atoms with Crippen LogP contribution in [0.1, 0.15) is 19.3 Å². The minimum atomic E-state index is -4.20. The number of rotatable bonds is 7. The first-order valence-corrected chi connectivity index (χ1v) is 9.38. The summed E-state index contributed by atoms with van der Waals surface area (Å²) < 4.78 is 45.0. The van der Waals surface area contributed by atoms with Gasteiger partial charge in [0.05, 0.1) is 12.5 Å². The number of benzene rings is 1. The van der Waals surface area contributed by atoms with E-state index in [0.29, 0.717) is 6.42 Å². The van der Waals surface area contributed by atoms with Crippen molar-refractivity contribution >= 4 is 21.9 Å². The number of ether oxygens (including phenoxy) is 1. The summed E-state index contributed by atoms with van der Waals surface area (Å²) in [6.07, 6.45) is 0.765. The zero-order valence-corrected chi connectivity index (χ0v) is 14.7. The molecule has 140 valence electrons. The van der Waals surface area contributed by atoms with Crippen LogP contribution in [0.3, 0.4) is 0 Å². The third-order valence-corrected chi connectivity index (χ3v) is 5.74. The molecule has 1 heterocycles. The van der Waals surface area contributed by atoms with Gasteiger partial charge >= 0.3 is 5.97 Å². The van der Waals surface area contributed by atoms with E-state index in [1.54, 1.807) is 0 Å². The third-order valence-electron chi connectivity index (χ3n) is 3.80. The third kappa shape index (κ3) is 4.56. The van der Waals surface area contributed by atoms with E-state index < -0.39 is 45.3 Å². The lowest BCUT2D eigenvalue weighted by atomic mass is 10.2. The van der Waals surface area contributed by atoms with Crippen molar-refractivity contribution in [2.24, 2.45) is 0 Å². The van der Waals surface area contributed by atoms with Gasteiger partial charge in [-0.3, -0.25) is 9.59 Å². The first-order valence-electron chi connectivity index (χ1n) is 7.94. The fourth-order valence-corrected chi connectivity index (χ4v) is 4.30. The number of hydrogen-bond donors (Lipinski definition) is 1. The summed E-state index contributed by atoms with van der Waals surface area (Å²) in [6, 6.07) is 5.67. The molecule has 2 rings (SSSR count). The Labute approximate surface area is 150 Å². The smallest absolute Gasteiger partial charge is 0.324 e. The van der Waals surface area contributed by atoms with E-state index in [1.165, 1.54) is 12.1 Å². The van der Waals surface area contributed by atoms with E-state index in [-0.39, 0.29) is 25.9 Å². The van der Waals surface area contributed by atoms with Crippen molar-refractivity contribution in [1.29, 1.82) is 5.26 Å². The van der Waals surface area contributed by atoms with Gasteiger partial charge in [-0.25, -0.2) is 12.8 Å². The van der Waals surface area contributed by atoms with Crippen LogP contribution in [0.4, 0.5) is 4.39 Å². The highest BCUT2D eigenvalue weighted by atomic mass is 32.2. The minimum absolute atomic E-state index is 0.0603. The van der Waals surface area contributed by atoms with Crippen molar-refractivity contribution in [2.45, 2.75) is 30.2 Å². The van der Waals surface area contributed by atoms with Crippen LogP contribution in [-0.4, -0.2) is 50.3 Å². The SMILES string of the molecule is N#CCCNC(=O)COC(=O)[C@@H]1CCCN1S(=O)(=O)c1ccccc1F. The molecule has 0 spiro atoms. The van der Waals surface area contributed by atoms with Crippen LogP contribution in [0.5, 0.6) is 0 Å². The van der Waals surface area contributed by atoms with Gasteiger partial charge in [0.1, 0.15) is 16.8 Å². The first-order chi connectivity index (χ1) is 12.4. The van der Waals surface area contributed by atoms with Crippen molar-refractivity contribution in [2.75, 3.05) is 19.7 Å². The average Bonchev–Trinajstić information content (AvgIpc) is 3.11. The molecule has 1 amide bonds. The summed E-state index contributed by atoms with van der Waals surface area (Å²) in [5, 5.41) is 10.8. The van der Waals surface area contributed by atoms with Crippen molar-refractivity contribution in [1.82, 2.24) is 9.62 Å². The Bertz CT molecular complexity index is 821. The summed E-state index contributed by atoms with van der Waals surface area (Å²) in [5.74, 6) is -2.35. The van der Waals surface area contributed by atoms with E-state index in [4.69, 9.17) is 10.00 Å². The second-order valence-corrected chi connectivity index (χ2v) is 7.43. The normalized spacial score (nSPS) is 17.5. The molecule has 1 atom stereocenters. The van der Waals surface area contributed by atoms with Gasteiger partial charge < -0.3 is 10.1 Å². The fraction of sp³-hybridized carbons (Fsp3) is 0.438. The number of carbonyl (C=O) groups excluding carboxylic acids is 2. The molecule has 0 radical (unpaired) electrons. The molecule has 1 aromatic carbocycles. The topological polar surface area (TPSA) is 117 Å². The molecule has 1 N–H and O–H groups in total. The lowest BCUT2D eigenvalue weighted by Crippen LogP contribution is -2.42. The maximum absolute atomic E-state index is 13.9. The first kappa shape index (κ1) is 19.8. The predicted octanol–water partition coefficient (Wildman–Crippen LogP) is 0.552. The highest BCUT2D eigenvalue weighted by Crippen LogP contribution is 2.28. The number of amides is 1. The molecule has 10 heteroatoms. The number of hydrogen-bond acceptors (Lipinski definition) is 6. The van der Waals surface area contributed by atoms with Gasteiger partial charge in [0.2, 0.25) is 10.0 Å². The Morgan fingerprint density at radius 2 is 2.12 bits per heavy atom. The van der Waals surface area contributed by atoms with E-state index in [2.05, 4.69) is 5.32 Å². The molecular formula is C16H18FN3O5S. The molecule has 0 aromatic heterocycles. The van der Waals surface area contributed by atoms with Crippen LogP contribution in [0.15, 0.2) is 29.2 Å². The Hall–Kier alpha value is -2.51. The number of nitrogens with one attached hydrogen (secondary N) is 1. The minimum Gasteiger partial charge on any atom is -0.454 e. The molecule has 0 unspecified atom stereocenters. The number of sulfonamides is 1. The van der Waals surface area contributed by atoms with Gasteiger partial charge in [-0.15, -0.1) is 0 Å². The molecule has 1 aliphatic rings. The van der Waals surface area contributed by atoms with Crippen LogP contribution in [-0.2, 0) is 24.3 Å². The molecule has 8 nitrogen and oxygen atoms in total. The zero-order chi connectivity index (χ0) is 19.2. The highest BCUT2D eigenvalue weighted by molar-refractivity contribution is 7.89. The van der Waals surface area contributed by atoms with E-state index in [0.717, 1.165) is 16.4 Å². The van der Waals surface area contributed by atoms with Crippen molar-refractivity contribution < 1.29 is 27.1 Å². The van der Waals surface area contributed by atoms with E-state index in [1.807, 2.05) is 6.07 Å². The van der Waals surface area contributed by atoms with Crippen LogP contribution >= 0.6 is 0 Å². The van der Waals surface area contributed by atoms with Gasteiger partial charge in [-0.05, 0) is 25.0 Å². The lowest BCUT2D eigenvalue weighted by Gasteiger charge is -2.22. The molecule has 0 saturated carbocycles. The molecule has 1 fully saturated rings. The molecular weight excluding hydrogens is 365 g/mol. The monoisotopic (exact) mass is 383 g/mol. The summed E-state index contributed by atoms with van der Waals surface area (Å²) in [4.78, 5) is 23.2. The standard InChI is InChI=1S/C16H18FN3O5S/c17-12-5-1-2-7-14(12)26(23,24)20-10-3-6-13(20)16(22)25-11-15(21)19-9-4-8-18/h1-2,5,7,13H,3-4,6,9-11H2,(H,19,21)/t13-/m0/s1.